The minimum atomic E-state index is -0.345. The summed E-state index contributed by atoms with van der Waals surface area (Å²) in [6, 6.07) is 6.98. The number of rotatable bonds is 4. The Morgan fingerprint density at radius 2 is 1.79 bits per heavy atom. The Bertz CT molecular complexity index is 652. The molecule has 3 amide bonds. The molecule has 6 heteroatoms. The van der Waals surface area contributed by atoms with Gasteiger partial charge in [-0.1, -0.05) is 42.6 Å². The van der Waals surface area contributed by atoms with Gasteiger partial charge in [0.25, 0.3) is 0 Å². The Labute approximate surface area is 146 Å². The number of benzene rings is 1. The average Bonchev–Trinajstić information content (AvgIpc) is 2.80. The Balaban J connectivity index is 1.63. The van der Waals surface area contributed by atoms with Crippen molar-refractivity contribution in [3.63, 3.8) is 0 Å². The molecule has 0 bridgehead atoms. The van der Waals surface area contributed by atoms with Crippen molar-refractivity contribution in [2.45, 2.75) is 38.6 Å². The topological polar surface area (TPSA) is 66.5 Å². The molecule has 1 saturated carbocycles. The average molecular weight is 349 g/mol. The van der Waals surface area contributed by atoms with Gasteiger partial charge in [-0.15, -0.1) is 0 Å². The normalized spacial score (nSPS) is 24.7. The molecule has 1 aliphatic carbocycles. The molecule has 1 N–H and O–H groups in total. The van der Waals surface area contributed by atoms with Gasteiger partial charge < -0.3 is 5.32 Å². The maximum Gasteiger partial charge on any atom is 0.240 e. The molecule has 1 saturated heterocycles. The van der Waals surface area contributed by atoms with E-state index < -0.39 is 0 Å². The van der Waals surface area contributed by atoms with Gasteiger partial charge in [-0.2, -0.15) is 0 Å². The number of carbonyl (C=O) groups is 3. The summed E-state index contributed by atoms with van der Waals surface area (Å²) in [5, 5.41) is 3.39. The number of carbonyl (C=O) groups excluding carboxylic acids is 3. The Morgan fingerprint density at radius 3 is 2.38 bits per heavy atom. The molecule has 24 heavy (non-hydrogen) atoms. The molecule has 1 aromatic rings. The standard InChI is InChI=1S/C18H21ClN2O3/c1-11(12-6-4-5-9-15(12)19)20-16(22)10-21-17(23)13-7-2-3-8-14(13)18(21)24/h4-6,9,11,13-14H,2-3,7-8,10H2,1H3,(H,20,22). The van der Waals surface area contributed by atoms with Gasteiger partial charge in [0, 0.05) is 5.02 Å². The molecule has 0 spiro atoms. The number of imide groups is 1. The third-order valence-electron chi connectivity index (χ3n) is 4.98. The van der Waals surface area contributed by atoms with E-state index in [0.29, 0.717) is 5.02 Å². The lowest BCUT2D eigenvalue weighted by Gasteiger charge is -2.19. The van der Waals surface area contributed by atoms with Crippen molar-refractivity contribution >= 4 is 29.3 Å². The molecule has 3 unspecified atom stereocenters. The number of nitrogens with one attached hydrogen (secondary N) is 1. The van der Waals surface area contributed by atoms with Gasteiger partial charge in [0.1, 0.15) is 6.54 Å². The summed E-state index contributed by atoms with van der Waals surface area (Å²) in [7, 11) is 0. The van der Waals surface area contributed by atoms with Crippen LogP contribution in [0.25, 0.3) is 0 Å². The third kappa shape index (κ3) is 3.18. The molecule has 1 heterocycles. The lowest BCUT2D eigenvalue weighted by Crippen LogP contribution is -2.41. The van der Waals surface area contributed by atoms with Crippen molar-refractivity contribution in [2.75, 3.05) is 6.54 Å². The number of amides is 3. The van der Waals surface area contributed by atoms with Crippen molar-refractivity contribution in [1.29, 1.82) is 0 Å². The maximum absolute atomic E-state index is 12.4. The molecule has 1 aliphatic heterocycles. The van der Waals surface area contributed by atoms with E-state index in [9.17, 15) is 14.4 Å². The molecule has 2 aliphatic rings. The first-order valence-electron chi connectivity index (χ1n) is 8.38. The van der Waals surface area contributed by atoms with Crippen LogP contribution in [0.5, 0.6) is 0 Å². The van der Waals surface area contributed by atoms with Gasteiger partial charge in [-0.25, -0.2) is 0 Å². The van der Waals surface area contributed by atoms with Gasteiger partial charge in [-0.3, -0.25) is 19.3 Å². The van der Waals surface area contributed by atoms with E-state index in [0.717, 1.165) is 36.1 Å². The quantitative estimate of drug-likeness (QED) is 0.851. The molecule has 3 atom stereocenters. The summed E-state index contributed by atoms with van der Waals surface area (Å²) < 4.78 is 0. The second-order valence-corrected chi connectivity index (χ2v) is 6.98. The van der Waals surface area contributed by atoms with Gasteiger partial charge in [0.05, 0.1) is 17.9 Å². The summed E-state index contributed by atoms with van der Waals surface area (Å²) in [5.74, 6) is -1.17. The number of likely N-dealkylation sites (tertiary alicyclic amines) is 1. The molecule has 1 aromatic carbocycles. The highest BCUT2D eigenvalue weighted by atomic mass is 35.5. The third-order valence-corrected chi connectivity index (χ3v) is 5.33. The molecule has 2 fully saturated rings. The highest BCUT2D eigenvalue weighted by molar-refractivity contribution is 6.31. The SMILES string of the molecule is CC(NC(=O)CN1C(=O)C2CCCCC2C1=O)c1ccccc1Cl. The predicted molar refractivity (Wildman–Crippen MR) is 90.2 cm³/mol. The maximum atomic E-state index is 12.4. The lowest BCUT2D eigenvalue weighted by molar-refractivity contribution is -0.143. The first-order valence-corrected chi connectivity index (χ1v) is 8.76. The van der Waals surface area contributed by atoms with Crippen molar-refractivity contribution < 1.29 is 14.4 Å². The summed E-state index contributed by atoms with van der Waals surface area (Å²) in [6.07, 6.45) is 3.46. The highest BCUT2D eigenvalue weighted by Crippen LogP contribution is 2.37. The van der Waals surface area contributed by atoms with E-state index in [1.54, 1.807) is 6.07 Å². The van der Waals surface area contributed by atoms with Crippen molar-refractivity contribution in [3.8, 4) is 0 Å². The Morgan fingerprint density at radius 1 is 1.21 bits per heavy atom. The van der Waals surface area contributed by atoms with Crippen LogP contribution >= 0.6 is 11.6 Å². The van der Waals surface area contributed by atoms with E-state index in [-0.39, 0.29) is 42.1 Å². The van der Waals surface area contributed by atoms with Crippen LogP contribution in [0, 0.1) is 11.8 Å². The smallest absolute Gasteiger partial charge is 0.240 e. The van der Waals surface area contributed by atoms with Crippen LogP contribution in [-0.4, -0.2) is 29.2 Å². The van der Waals surface area contributed by atoms with Crippen molar-refractivity contribution in [1.82, 2.24) is 10.2 Å². The zero-order valence-corrected chi connectivity index (χ0v) is 14.4. The minimum Gasteiger partial charge on any atom is -0.348 e. The van der Waals surface area contributed by atoms with E-state index >= 15 is 0 Å². The first-order chi connectivity index (χ1) is 11.5. The second kappa shape index (κ2) is 6.93. The first kappa shape index (κ1) is 17.0. The zero-order chi connectivity index (χ0) is 17.3. The van der Waals surface area contributed by atoms with Crippen molar-refractivity contribution in [2.24, 2.45) is 11.8 Å². The van der Waals surface area contributed by atoms with Crippen LogP contribution in [0.1, 0.15) is 44.2 Å². The summed E-state index contributed by atoms with van der Waals surface area (Å²) in [5.41, 5.74) is 0.806. The number of nitrogens with zero attached hydrogens (tertiary/aromatic N) is 1. The largest absolute Gasteiger partial charge is 0.348 e. The van der Waals surface area contributed by atoms with E-state index in [1.165, 1.54) is 0 Å². The second-order valence-electron chi connectivity index (χ2n) is 6.57. The number of hydrogen-bond donors (Lipinski definition) is 1. The van der Waals surface area contributed by atoms with Crippen LogP contribution in [0.3, 0.4) is 0 Å². The van der Waals surface area contributed by atoms with Crippen LogP contribution in [-0.2, 0) is 14.4 Å². The minimum absolute atomic E-state index is 0.190. The van der Waals surface area contributed by atoms with Crippen molar-refractivity contribution in [3.05, 3.63) is 34.9 Å². The van der Waals surface area contributed by atoms with Crippen LogP contribution in [0.4, 0.5) is 0 Å². The molecule has 0 aromatic heterocycles. The van der Waals surface area contributed by atoms with Crippen LogP contribution < -0.4 is 5.32 Å². The van der Waals surface area contributed by atoms with E-state index in [2.05, 4.69) is 5.32 Å². The predicted octanol–water partition coefficient (Wildman–Crippen LogP) is 2.69. The lowest BCUT2D eigenvalue weighted by atomic mass is 9.81. The highest BCUT2D eigenvalue weighted by Gasteiger charge is 2.48. The number of fused-ring (bicyclic) bond motifs is 1. The van der Waals surface area contributed by atoms with Crippen LogP contribution in [0.2, 0.25) is 5.02 Å². The molecule has 0 radical (unpaired) electrons. The molecule has 128 valence electrons. The van der Waals surface area contributed by atoms with Gasteiger partial charge >= 0.3 is 0 Å². The monoisotopic (exact) mass is 348 g/mol. The Kier molecular flexibility index (Phi) is 4.90. The fourth-order valence-electron chi connectivity index (χ4n) is 3.72. The summed E-state index contributed by atoms with van der Waals surface area (Å²) >= 11 is 6.13. The van der Waals surface area contributed by atoms with Crippen LogP contribution in [0.15, 0.2) is 24.3 Å². The van der Waals surface area contributed by atoms with Gasteiger partial charge in [0.2, 0.25) is 17.7 Å². The van der Waals surface area contributed by atoms with E-state index in [1.807, 2.05) is 25.1 Å². The Hall–Kier alpha value is -1.88. The van der Waals surface area contributed by atoms with E-state index in [4.69, 9.17) is 11.6 Å². The van der Waals surface area contributed by atoms with Gasteiger partial charge in [0.15, 0.2) is 0 Å². The summed E-state index contributed by atoms with van der Waals surface area (Å²) in [4.78, 5) is 38.2. The molecule has 3 rings (SSSR count). The zero-order valence-electron chi connectivity index (χ0n) is 13.6. The summed E-state index contributed by atoms with van der Waals surface area (Å²) in [6.45, 7) is 1.62. The molecule has 5 nitrogen and oxygen atoms in total. The number of halogens is 1. The molecular weight excluding hydrogens is 328 g/mol. The molecular formula is C18H21ClN2O3. The number of hydrogen-bond acceptors (Lipinski definition) is 3. The fraction of sp³-hybridized carbons (Fsp3) is 0.500. The fourth-order valence-corrected chi connectivity index (χ4v) is 4.02. The van der Waals surface area contributed by atoms with Gasteiger partial charge in [-0.05, 0) is 31.4 Å².